The Hall–Kier alpha value is -1.95. The predicted molar refractivity (Wildman–Crippen MR) is 61.4 cm³/mol. The van der Waals surface area contributed by atoms with E-state index in [0.717, 1.165) is 0 Å². The monoisotopic (exact) mass is 253 g/mol. The number of carbonyl (C=O) groups is 1. The molecule has 0 aromatic carbocycles. The average Bonchev–Trinajstić information content (AvgIpc) is 2.29. The standard InChI is InChI=1S/C10H8ClN3O3/c1-2-14-4-6(9(16)17)7(15)5-3-12-10(11)13-8(5)14/h3-4H,2H2,1H3,(H,16,17). The molecule has 0 atom stereocenters. The lowest BCUT2D eigenvalue weighted by atomic mass is 10.2. The molecule has 88 valence electrons. The fourth-order valence-electron chi connectivity index (χ4n) is 1.55. The Kier molecular flexibility index (Phi) is 2.81. The second kappa shape index (κ2) is 4.14. The number of nitrogens with zero attached hydrogens (tertiary/aromatic N) is 3. The maximum absolute atomic E-state index is 11.8. The van der Waals surface area contributed by atoms with Crippen molar-refractivity contribution in [3.8, 4) is 0 Å². The Morgan fingerprint density at radius 2 is 2.29 bits per heavy atom. The molecule has 0 radical (unpaired) electrons. The van der Waals surface area contributed by atoms with Gasteiger partial charge in [-0.05, 0) is 18.5 Å². The van der Waals surface area contributed by atoms with Gasteiger partial charge in [0.25, 0.3) is 0 Å². The molecule has 2 rings (SSSR count). The van der Waals surface area contributed by atoms with E-state index in [1.54, 1.807) is 4.57 Å². The molecule has 17 heavy (non-hydrogen) atoms. The van der Waals surface area contributed by atoms with Gasteiger partial charge in [-0.2, -0.15) is 4.98 Å². The molecule has 2 aromatic rings. The van der Waals surface area contributed by atoms with E-state index >= 15 is 0 Å². The molecular formula is C10H8ClN3O3. The molecule has 0 spiro atoms. The minimum atomic E-state index is -1.27. The molecule has 0 saturated carbocycles. The molecule has 0 saturated heterocycles. The number of pyridine rings is 1. The third kappa shape index (κ3) is 1.87. The number of rotatable bonds is 2. The van der Waals surface area contributed by atoms with Crippen molar-refractivity contribution in [1.29, 1.82) is 0 Å². The molecule has 1 N–H and O–H groups in total. The van der Waals surface area contributed by atoms with Crippen LogP contribution in [0.2, 0.25) is 5.28 Å². The van der Waals surface area contributed by atoms with E-state index in [-0.39, 0.29) is 16.2 Å². The van der Waals surface area contributed by atoms with Crippen LogP contribution in [-0.2, 0) is 6.54 Å². The van der Waals surface area contributed by atoms with Gasteiger partial charge in [-0.3, -0.25) is 4.79 Å². The third-order valence-electron chi connectivity index (χ3n) is 2.36. The van der Waals surface area contributed by atoms with Crippen molar-refractivity contribution in [2.24, 2.45) is 0 Å². The van der Waals surface area contributed by atoms with E-state index in [1.165, 1.54) is 12.4 Å². The van der Waals surface area contributed by atoms with Crippen molar-refractivity contribution in [2.75, 3.05) is 0 Å². The normalized spacial score (nSPS) is 10.7. The van der Waals surface area contributed by atoms with Gasteiger partial charge >= 0.3 is 5.97 Å². The zero-order valence-electron chi connectivity index (χ0n) is 8.85. The van der Waals surface area contributed by atoms with Crippen LogP contribution in [0.5, 0.6) is 0 Å². The molecule has 0 aliphatic rings. The van der Waals surface area contributed by atoms with E-state index < -0.39 is 11.4 Å². The second-order valence-electron chi connectivity index (χ2n) is 3.34. The molecule has 0 aliphatic carbocycles. The smallest absolute Gasteiger partial charge is 0.341 e. The summed E-state index contributed by atoms with van der Waals surface area (Å²) in [5.41, 5.74) is -0.568. The molecule has 0 unspecified atom stereocenters. The molecular weight excluding hydrogens is 246 g/mol. The summed E-state index contributed by atoms with van der Waals surface area (Å²) in [6.07, 6.45) is 2.50. The first-order valence-electron chi connectivity index (χ1n) is 4.83. The van der Waals surface area contributed by atoms with Crippen LogP contribution in [0.1, 0.15) is 17.3 Å². The molecule has 0 fully saturated rings. The summed E-state index contributed by atoms with van der Waals surface area (Å²) >= 11 is 5.65. The van der Waals surface area contributed by atoms with E-state index in [2.05, 4.69) is 9.97 Å². The van der Waals surface area contributed by atoms with Crippen LogP contribution >= 0.6 is 11.6 Å². The largest absolute Gasteiger partial charge is 0.477 e. The molecule has 6 nitrogen and oxygen atoms in total. The zero-order valence-corrected chi connectivity index (χ0v) is 9.60. The zero-order chi connectivity index (χ0) is 12.6. The number of aromatic nitrogens is 3. The van der Waals surface area contributed by atoms with Crippen LogP contribution in [0.15, 0.2) is 17.2 Å². The summed E-state index contributed by atoms with van der Waals surface area (Å²) in [7, 11) is 0. The number of aryl methyl sites for hydroxylation is 1. The van der Waals surface area contributed by atoms with Gasteiger partial charge < -0.3 is 9.67 Å². The number of carboxylic acid groups (broad SMARTS) is 1. The fourth-order valence-corrected chi connectivity index (χ4v) is 1.67. The maximum atomic E-state index is 11.8. The Labute approximate surface area is 100 Å². The second-order valence-corrected chi connectivity index (χ2v) is 3.68. The van der Waals surface area contributed by atoms with Crippen molar-refractivity contribution in [2.45, 2.75) is 13.5 Å². The summed E-state index contributed by atoms with van der Waals surface area (Å²) in [6, 6.07) is 0. The quantitative estimate of drug-likeness (QED) is 0.812. The van der Waals surface area contributed by atoms with Crippen LogP contribution < -0.4 is 5.43 Å². The molecule has 0 amide bonds. The Balaban J connectivity index is 2.95. The Morgan fingerprint density at radius 3 is 2.88 bits per heavy atom. The number of hydrogen-bond acceptors (Lipinski definition) is 4. The number of fused-ring (bicyclic) bond motifs is 1. The van der Waals surface area contributed by atoms with Gasteiger partial charge in [0.05, 0.1) is 5.39 Å². The number of halogens is 1. The average molecular weight is 254 g/mol. The van der Waals surface area contributed by atoms with Crippen molar-refractivity contribution in [1.82, 2.24) is 14.5 Å². The summed E-state index contributed by atoms with van der Waals surface area (Å²) in [5, 5.41) is 9.08. The number of aromatic carboxylic acids is 1. The van der Waals surface area contributed by atoms with Gasteiger partial charge in [-0.15, -0.1) is 0 Å². The highest BCUT2D eigenvalue weighted by Crippen LogP contribution is 2.11. The van der Waals surface area contributed by atoms with Gasteiger partial charge in [-0.1, -0.05) is 0 Å². The highest BCUT2D eigenvalue weighted by molar-refractivity contribution is 6.28. The van der Waals surface area contributed by atoms with Crippen molar-refractivity contribution < 1.29 is 9.90 Å². The summed E-state index contributed by atoms with van der Waals surface area (Å²) in [6.45, 7) is 2.29. The lowest BCUT2D eigenvalue weighted by molar-refractivity contribution is 0.0695. The minimum absolute atomic E-state index is 0.0159. The van der Waals surface area contributed by atoms with Crippen molar-refractivity contribution >= 4 is 28.6 Å². The van der Waals surface area contributed by atoms with E-state index in [4.69, 9.17) is 16.7 Å². The first kappa shape index (κ1) is 11.5. The van der Waals surface area contributed by atoms with E-state index in [1.807, 2.05) is 6.92 Å². The van der Waals surface area contributed by atoms with Gasteiger partial charge in [-0.25, -0.2) is 9.78 Å². The van der Waals surface area contributed by atoms with Crippen LogP contribution in [-0.4, -0.2) is 25.6 Å². The van der Waals surface area contributed by atoms with Crippen LogP contribution in [0.25, 0.3) is 11.0 Å². The van der Waals surface area contributed by atoms with E-state index in [0.29, 0.717) is 12.2 Å². The van der Waals surface area contributed by atoms with E-state index in [9.17, 15) is 9.59 Å². The Bertz CT molecular complexity index is 666. The van der Waals surface area contributed by atoms with Crippen molar-refractivity contribution in [3.63, 3.8) is 0 Å². The molecule has 2 aromatic heterocycles. The van der Waals surface area contributed by atoms with Crippen LogP contribution in [0.4, 0.5) is 0 Å². The summed E-state index contributed by atoms with van der Waals surface area (Å²) < 4.78 is 1.55. The highest BCUT2D eigenvalue weighted by Gasteiger charge is 2.15. The van der Waals surface area contributed by atoms with Crippen LogP contribution in [0, 0.1) is 0 Å². The molecule has 7 heteroatoms. The minimum Gasteiger partial charge on any atom is -0.477 e. The number of hydrogen-bond donors (Lipinski definition) is 1. The topological polar surface area (TPSA) is 85.1 Å². The molecule has 0 aliphatic heterocycles. The Morgan fingerprint density at radius 1 is 1.59 bits per heavy atom. The SMILES string of the molecule is CCn1cc(C(=O)O)c(=O)c2cnc(Cl)nc21. The summed E-state index contributed by atoms with van der Waals surface area (Å²) in [5.74, 6) is -1.27. The van der Waals surface area contributed by atoms with Gasteiger partial charge in [0.15, 0.2) is 0 Å². The number of carboxylic acids is 1. The summed E-state index contributed by atoms with van der Waals surface area (Å²) in [4.78, 5) is 30.4. The first-order chi connectivity index (χ1) is 8.04. The van der Waals surface area contributed by atoms with Crippen LogP contribution in [0.3, 0.4) is 0 Å². The maximum Gasteiger partial charge on any atom is 0.341 e. The molecule has 2 heterocycles. The van der Waals surface area contributed by atoms with Gasteiger partial charge in [0.2, 0.25) is 10.7 Å². The molecule has 0 bridgehead atoms. The van der Waals surface area contributed by atoms with Crippen molar-refractivity contribution in [3.05, 3.63) is 33.5 Å². The third-order valence-corrected chi connectivity index (χ3v) is 2.54. The fraction of sp³-hybridized carbons (Fsp3) is 0.200. The lowest BCUT2D eigenvalue weighted by Crippen LogP contribution is -2.19. The first-order valence-corrected chi connectivity index (χ1v) is 5.21. The van der Waals surface area contributed by atoms with Gasteiger partial charge in [0.1, 0.15) is 11.2 Å². The highest BCUT2D eigenvalue weighted by atomic mass is 35.5. The van der Waals surface area contributed by atoms with Gasteiger partial charge in [0, 0.05) is 18.9 Å². The predicted octanol–water partition coefficient (Wildman–Crippen LogP) is 1.16. The lowest BCUT2D eigenvalue weighted by Gasteiger charge is -2.08.